The summed E-state index contributed by atoms with van der Waals surface area (Å²) in [5.74, 6) is 0. The number of benzene rings is 2. The highest BCUT2D eigenvalue weighted by molar-refractivity contribution is 7.87. The summed E-state index contributed by atoms with van der Waals surface area (Å²) in [6.07, 6.45) is 0. The minimum atomic E-state index is -4.95. The van der Waals surface area contributed by atoms with E-state index in [1.54, 1.807) is 0 Å². The molecule has 0 heterocycles. The van der Waals surface area contributed by atoms with Gasteiger partial charge < -0.3 is 0 Å². The van der Waals surface area contributed by atoms with Crippen LogP contribution in [0, 0.1) is 6.07 Å². The highest BCUT2D eigenvalue weighted by Crippen LogP contribution is 2.31. The second-order valence-corrected chi connectivity index (χ2v) is 8.33. The van der Waals surface area contributed by atoms with Crippen molar-refractivity contribution < 1.29 is 38.9 Å². The number of rotatable bonds is 3. The minimum absolute atomic E-state index is 0.398. The van der Waals surface area contributed by atoms with Crippen molar-refractivity contribution >= 4 is 41.1 Å². The van der Waals surface area contributed by atoms with Crippen LogP contribution in [0.5, 0.6) is 0 Å². The van der Waals surface area contributed by atoms with E-state index in [0.717, 1.165) is 12.1 Å². The molecule has 0 saturated heterocycles. The van der Waals surface area contributed by atoms with Crippen LogP contribution in [0.1, 0.15) is 0 Å². The molecule has 0 fully saturated rings. The predicted molar refractivity (Wildman–Crippen MR) is 72.2 cm³/mol. The van der Waals surface area contributed by atoms with E-state index in [4.69, 9.17) is 13.7 Å². The third-order valence-corrected chi connectivity index (χ3v) is 5.30. The van der Waals surface area contributed by atoms with Crippen LogP contribution >= 0.6 is 0 Å². The van der Waals surface area contributed by atoms with Gasteiger partial charge in [0.1, 0.15) is 9.79 Å². The monoisotopic (exact) mass is 367 g/mol. The maximum atomic E-state index is 11.3. The van der Waals surface area contributed by atoms with Gasteiger partial charge in [0, 0.05) is 10.8 Å². The summed E-state index contributed by atoms with van der Waals surface area (Å²) in [5, 5.41) is -0.922. The van der Waals surface area contributed by atoms with E-state index >= 15 is 0 Å². The van der Waals surface area contributed by atoms with Crippen LogP contribution in [-0.4, -0.2) is 38.9 Å². The Morgan fingerprint density at radius 2 is 1.23 bits per heavy atom. The fourth-order valence-electron chi connectivity index (χ4n) is 1.81. The third kappa shape index (κ3) is 3.11. The lowest BCUT2D eigenvalue weighted by molar-refractivity contribution is 0.478. The van der Waals surface area contributed by atoms with E-state index in [1.807, 2.05) is 0 Å². The lowest BCUT2D eigenvalue weighted by atomic mass is 10.1. The number of hydrogen-bond acceptors (Lipinski definition) is 6. The zero-order valence-electron chi connectivity index (χ0n) is 10.3. The Kier molecular flexibility index (Phi) is 3.80. The molecule has 3 N–H and O–H groups in total. The van der Waals surface area contributed by atoms with Gasteiger partial charge in [-0.3, -0.25) is 13.7 Å². The summed E-state index contributed by atoms with van der Waals surface area (Å²) < 4.78 is 94.8. The molecule has 12 heteroatoms. The van der Waals surface area contributed by atoms with E-state index < -0.39 is 55.8 Å². The quantitative estimate of drug-likeness (QED) is 0.650. The van der Waals surface area contributed by atoms with Gasteiger partial charge in [0.05, 0.1) is 4.90 Å². The molecule has 0 aliphatic heterocycles. The first-order valence-electron chi connectivity index (χ1n) is 5.22. The molecule has 0 spiro atoms. The molecule has 0 aromatic heterocycles. The highest BCUT2D eigenvalue weighted by atomic mass is 32.2. The minimum Gasteiger partial charge on any atom is -0.282 e. The van der Waals surface area contributed by atoms with Gasteiger partial charge in [-0.15, -0.1) is 0 Å². The third-order valence-electron chi connectivity index (χ3n) is 2.68. The topological polar surface area (TPSA) is 163 Å². The van der Waals surface area contributed by atoms with Gasteiger partial charge in [-0.1, -0.05) is 0 Å². The largest absolute Gasteiger partial charge is 0.295 e. The Hall–Kier alpha value is -1.57. The molecule has 22 heavy (non-hydrogen) atoms. The summed E-state index contributed by atoms with van der Waals surface area (Å²) in [5.41, 5.74) is 0. The van der Waals surface area contributed by atoms with Crippen LogP contribution in [0.4, 0.5) is 0 Å². The smallest absolute Gasteiger partial charge is 0.282 e. The molecule has 9 nitrogen and oxygen atoms in total. The van der Waals surface area contributed by atoms with Crippen molar-refractivity contribution in [2.75, 3.05) is 0 Å². The molecule has 0 bridgehead atoms. The predicted octanol–water partition coefficient (Wildman–Crippen LogP) is 0.380. The molecule has 2 aromatic rings. The summed E-state index contributed by atoms with van der Waals surface area (Å²) in [6, 6.07) is 5.11. The highest BCUT2D eigenvalue weighted by Gasteiger charge is 2.24. The van der Waals surface area contributed by atoms with E-state index in [0.29, 0.717) is 12.1 Å². The molecule has 2 rings (SSSR count). The zero-order valence-corrected chi connectivity index (χ0v) is 12.8. The maximum absolute atomic E-state index is 11.3. The van der Waals surface area contributed by atoms with Crippen molar-refractivity contribution in [3.63, 3.8) is 0 Å². The number of fused-ring (bicyclic) bond motifs is 1. The molecule has 0 aliphatic rings. The summed E-state index contributed by atoms with van der Waals surface area (Å²) in [7, 11) is -14.7. The molecule has 0 saturated carbocycles. The Balaban J connectivity index is 3.17. The van der Waals surface area contributed by atoms with Crippen molar-refractivity contribution in [2.24, 2.45) is 0 Å². The van der Waals surface area contributed by atoms with Gasteiger partial charge >= 0.3 is 0 Å². The fraction of sp³-hybridized carbons (Fsp3) is 0. The van der Waals surface area contributed by atoms with Crippen molar-refractivity contribution in [1.29, 1.82) is 0 Å². The standard InChI is InChI=1S/C10H7O9S3/c11-20(12,13)6-4-8-7(10(5-6)22(17,18)19)2-1-3-9(8)21(14,15)16/h2-5H,(H,11,12,13)(H,14,15,16)(H,17,18,19). The van der Waals surface area contributed by atoms with Crippen LogP contribution in [0.3, 0.4) is 0 Å². The molecule has 119 valence electrons. The van der Waals surface area contributed by atoms with Crippen molar-refractivity contribution in [3.05, 3.63) is 30.3 Å². The molecule has 0 aliphatic carbocycles. The van der Waals surface area contributed by atoms with E-state index in [2.05, 4.69) is 6.07 Å². The van der Waals surface area contributed by atoms with Crippen molar-refractivity contribution in [3.8, 4) is 0 Å². The van der Waals surface area contributed by atoms with Gasteiger partial charge in [-0.2, -0.15) is 25.3 Å². The fourth-order valence-corrected chi connectivity index (χ4v) is 3.80. The Morgan fingerprint density at radius 1 is 0.682 bits per heavy atom. The summed E-state index contributed by atoms with van der Waals surface area (Å²) >= 11 is 0. The molecule has 0 unspecified atom stereocenters. The maximum Gasteiger partial charge on any atom is 0.295 e. The molecular formula is C10H7O9S3. The van der Waals surface area contributed by atoms with Crippen LogP contribution in [0.25, 0.3) is 10.8 Å². The Bertz CT molecular complexity index is 1080. The lowest BCUT2D eigenvalue weighted by Gasteiger charge is -2.09. The van der Waals surface area contributed by atoms with Gasteiger partial charge in [0.15, 0.2) is 0 Å². The second kappa shape index (κ2) is 4.97. The summed E-state index contributed by atoms with van der Waals surface area (Å²) in [4.78, 5) is -2.76. The molecule has 2 aromatic carbocycles. The van der Waals surface area contributed by atoms with Crippen molar-refractivity contribution in [2.45, 2.75) is 14.7 Å². The first-order chi connectivity index (χ1) is 9.82. The normalized spacial score (nSPS) is 13.4. The summed E-state index contributed by atoms with van der Waals surface area (Å²) in [6.45, 7) is 0. The van der Waals surface area contributed by atoms with Crippen LogP contribution in [0.2, 0.25) is 0 Å². The Labute approximate surface area is 125 Å². The van der Waals surface area contributed by atoms with E-state index in [1.165, 1.54) is 0 Å². The van der Waals surface area contributed by atoms with Crippen LogP contribution < -0.4 is 0 Å². The van der Waals surface area contributed by atoms with Gasteiger partial charge in [0.2, 0.25) is 0 Å². The van der Waals surface area contributed by atoms with Crippen molar-refractivity contribution in [1.82, 2.24) is 0 Å². The van der Waals surface area contributed by atoms with E-state index in [-0.39, 0.29) is 0 Å². The molecule has 1 radical (unpaired) electrons. The SMILES string of the molecule is O=S(=O)(O)c1cc(S(=O)(=O)O)c2c[c]cc(S(=O)(=O)O)c2c1. The van der Waals surface area contributed by atoms with Crippen LogP contribution in [0.15, 0.2) is 39.0 Å². The molecule has 0 amide bonds. The van der Waals surface area contributed by atoms with Gasteiger partial charge in [-0.25, -0.2) is 0 Å². The molecule has 0 atom stereocenters. The van der Waals surface area contributed by atoms with E-state index in [9.17, 15) is 25.3 Å². The zero-order chi connectivity index (χ0) is 16.9. The van der Waals surface area contributed by atoms with Crippen LogP contribution in [-0.2, 0) is 30.4 Å². The molecular weight excluding hydrogens is 360 g/mol. The van der Waals surface area contributed by atoms with Gasteiger partial charge in [0.25, 0.3) is 30.4 Å². The Morgan fingerprint density at radius 3 is 1.68 bits per heavy atom. The second-order valence-electron chi connectivity index (χ2n) is 4.13. The first-order valence-corrected chi connectivity index (χ1v) is 9.54. The lowest BCUT2D eigenvalue weighted by Crippen LogP contribution is -2.06. The first kappa shape index (κ1) is 16.8. The number of hydrogen-bond donors (Lipinski definition) is 3. The van der Waals surface area contributed by atoms with Gasteiger partial charge in [-0.05, 0) is 30.3 Å². The average Bonchev–Trinajstić information content (AvgIpc) is 2.33. The average molecular weight is 367 g/mol.